The highest BCUT2D eigenvalue weighted by Gasteiger charge is 2.08. The summed E-state index contributed by atoms with van der Waals surface area (Å²) in [5.41, 5.74) is 5.44. The third-order valence-corrected chi connectivity index (χ3v) is 2.51. The summed E-state index contributed by atoms with van der Waals surface area (Å²) in [7, 11) is 0. The standard InChI is InChI=1S/C12H20N2O2/c1-3-4-8-16-11-6-5-7-14(12(11)15)10(2)9-13/h5-7,10H,3-4,8-9,13H2,1-2H3. The fourth-order valence-corrected chi connectivity index (χ4v) is 1.39. The van der Waals surface area contributed by atoms with Crippen molar-refractivity contribution < 1.29 is 4.74 Å². The lowest BCUT2D eigenvalue weighted by Gasteiger charge is -2.14. The molecule has 1 heterocycles. The normalized spacial score (nSPS) is 12.4. The predicted octanol–water partition coefficient (Wildman–Crippen LogP) is 1.55. The molecule has 2 N–H and O–H groups in total. The first kappa shape index (κ1) is 12.8. The van der Waals surface area contributed by atoms with Gasteiger partial charge in [0.05, 0.1) is 6.61 Å². The van der Waals surface area contributed by atoms with Crippen molar-refractivity contribution in [1.29, 1.82) is 0 Å². The fourth-order valence-electron chi connectivity index (χ4n) is 1.39. The summed E-state index contributed by atoms with van der Waals surface area (Å²) in [6, 6.07) is 3.52. The molecule has 0 radical (unpaired) electrons. The topological polar surface area (TPSA) is 57.2 Å². The third kappa shape index (κ3) is 3.10. The second kappa shape index (κ2) is 6.33. The molecular weight excluding hydrogens is 204 g/mol. The van der Waals surface area contributed by atoms with Crippen LogP contribution < -0.4 is 16.0 Å². The van der Waals surface area contributed by atoms with E-state index in [9.17, 15) is 4.79 Å². The molecule has 4 heteroatoms. The quantitative estimate of drug-likeness (QED) is 0.746. The summed E-state index contributed by atoms with van der Waals surface area (Å²) in [4.78, 5) is 11.9. The minimum Gasteiger partial charge on any atom is -0.488 e. The van der Waals surface area contributed by atoms with Crippen LogP contribution in [-0.4, -0.2) is 17.7 Å². The molecule has 0 amide bonds. The van der Waals surface area contributed by atoms with E-state index in [4.69, 9.17) is 10.5 Å². The molecular formula is C12H20N2O2. The van der Waals surface area contributed by atoms with Crippen molar-refractivity contribution in [3.8, 4) is 5.75 Å². The zero-order valence-electron chi connectivity index (χ0n) is 9.98. The van der Waals surface area contributed by atoms with Gasteiger partial charge in [-0.15, -0.1) is 0 Å². The first-order chi connectivity index (χ1) is 7.70. The van der Waals surface area contributed by atoms with E-state index in [0.717, 1.165) is 12.8 Å². The maximum atomic E-state index is 11.9. The van der Waals surface area contributed by atoms with Gasteiger partial charge in [-0.25, -0.2) is 0 Å². The Hall–Kier alpha value is -1.29. The van der Waals surface area contributed by atoms with E-state index in [1.165, 1.54) is 0 Å². The Bertz CT molecular complexity index is 374. The van der Waals surface area contributed by atoms with Gasteiger partial charge in [-0.3, -0.25) is 4.79 Å². The molecule has 1 aromatic rings. The number of ether oxygens (including phenoxy) is 1. The summed E-state index contributed by atoms with van der Waals surface area (Å²) < 4.78 is 7.05. The molecule has 1 aromatic heterocycles. The largest absolute Gasteiger partial charge is 0.488 e. The minimum atomic E-state index is -0.100. The van der Waals surface area contributed by atoms with Crippen LogP contribution in [0.1, 0.15) is 32.7 Å². The number of rotatable bonds is 6. The highest BCUT2D eigenvalue weighted by molar-refractivity contribution is 5.17. The van der Waals surface area contributed by atoms with Gasteiger partial charge in [-0.2, -0.15) is 0 Å². The molecule has 0 aliphatic heterocycles. The molecule has 4 nitrogen and oxygen atoms in total. The summed E-state index contributed by atoms with van der Waals surface area (Å²) in [6.07, 6.45) is 3.76. The number of hydrogen-bond acceptors (Lipinski definition) is 3. The molecule has 1 atom stereocenters. The molecule has 1 rings (SSSR count). The number of nitrogens with two attached hydrogens (primary N) is 1. The maximum Gasteiger partial charge on any atom is 0.293 e. The van der Waals surface area contributed by atoms with E-state index in [1.54, 1.807) is 16.8 Å². The van der Waals surface area contributed by atoms with E-state index < -0.39 is 0 Å². The second-order valence-electron chi connectivity index (χ2n) is 3.87. The average molecular weight is 224 g/mol. The van der Waals surface area contributed by atoms with Crippen LogP contribution in [0.4, 0.5) is 0 Å². The van der Waals surface area contributed by atoms with E-state index >= 15 is 0 Å². The first-order valence-corrected chi connectivity index (χ1v) is 5.74. The zero-order chi connectivity index (χ0) is 12.0. The van der Waals surface area contributed by atoms with Crippen LogP contribution in [0.15, 0.2) is 23.1 Å². The first-order valence-electron chi connectivity index (χ1n) is 5.74. The maximum absolute atomic E-state index is 11.9. The van der Waals surface area contributed by atoms with Crippen LogP contribution in [-0.2, 0) is 0 Å². The van der Waals surface area contributed by atoms with Gasteiger partial charge >= 0.3 is 0 Å². The van der Waals surface area contributed by atoms with Crippen molar-refractivity contribution in [2.24, 2.45) is 5.73 Å². The van der Waals surface area contributed by atoms with Gasteiger partial charge in [0.25, 0.3) is 5.56 Å². The summed E-state index contributed by atoms with van der Waals surface area (Å²) in [6.45, 7) is 5.03. The Morgan fingerprint density at radius 2 is 2.31 bits per heavy atom. The lowest BCUT2D eigenvalue weighted by atomic mass is 10.3. The number of hydrogen-bond donors (Lipinski definition) is 1. The predicted molar refractivity (Wildman–Crippen MR) is 64.9 cm³/mol. The van der Waals surface area contributed by atoms with E-state index in [0.29, 0.717) is 18.9 Å². The molecule has 0 fully saturated rings. The molecule has 16 heavy (non-hydrogen) atoms. The van der Waals surface area contributed by atoms with Gasteiger partial charge in [0.2, 0.25) is 0 Å². The molecule has 0 saturated carbocycles. The van der Waals surface area contributed by atoms with Crippen molar-refractivity contribution in [3.63, 3.8) is 0 Å². The van der Waals surface area contributed by atoms with Gasteiger partial charge in [-0.1, -0.05) is 13.3 Å². The fraction of sp³-hybridized carbons (Fsp3) is 0.583. The molecule has 0 saturated heterocycles. The third-order valence-electron chi connectivity index (χ3n) is 2.51. The number of aromatic nitrogens is 1. The van der Waals surface area contributed by atoms with Crippen molar-refractivity contribution in [1.82, 2.24) is 4.57 Å². The molecule has 1 unspecified atom stereocenters. The van der Waals surface area contributed by atoms with Gasteiger partial charge in [0.1, 0.15) is 0 Å². The van der Waals surface area contributed by atoms with Crippen LogP contribution in [0.3, 0.4) is 0 Å². The Morgan fingerprint density at radius 3 is 2.94 bits per heavy atom. The van der Waals surface area contributed by atoms with Gasteiger partial charge in [-0.05, 0) is 25.5 Å². The Kier molecular flexibility index (Phi) is 5.05. The van der Waals surface area contributed by atoms with E-state index in [-0.39, 0.29) is 11.6 Å². The smallest absolute Gasteiger partial charge is 0.293 e. The number of pyridine rings is 1. The number of unbranched alkanes of at least 4 members (excludes halogenated alkanes) is 1. The van der Waals surface area contributed by atoms with E-state index in [2.05, 4.69) is 6.92 Å². The Balaban J connectivity index is 2.82. The summed E-state index contributed by atoms with van der Waals surface area (Å²) in [5.74, 6) is 0.413. The minimum absolute atomic E-state index is 0.00206. The zero-order valence-corrected chi connectivity index (χ0v) is 9.98. The van der Waals surface area contributed by atoms with Crippen molar-refractivity contribution in [2.75, 3.05) is 13.2 Å². The van der Waals surface area contributed by atoms with Crippen molar-refractivity contribution in [2.45, 2.75) is 32.7 Å². The summed E-state index contributed by atoms with van der Waals surface area (Å²) in [5, 5.41) is 0. The van der Waals surface area contributed by atoms with Gasteiger partial charge in [0, 0.05) is 18.8 Å². The summed E-state index contributed by atoms with van der Waals surface area (Å²) >= 11 is 0. The SMILES string of the molecule is CCCCOc1cccn(C(C)CN)c1=O. The van der Waals surface area contributed by atoms with Crippen LogP contribution in [0.2, 0.25) is 0 Å². The van der Waals surface area contributed by atoms with Crippen LogP contribution in [0.25, 0.3) is 0 Å². The van der Waals surface area contributed by atoms with Crippen molar-refractivity contribution in [3.05, 3.63) is 28.7 Å². The van der Waals surface area contributed by atoms with Crippen molar-refractivity contribution >= 4 is 0 Å². The van der Waals surface area contributed by atoms with Gasteiger partial charge in [0.15, 0.2) is 5.75 Å². The molecule has 0 aliphatic carbocycles. The highest BCUT2D eigenvalue weighted by Crippen LogP contribution is 2.06. The average Bonchev–Trinajstić information content (AvgIpc) is 2.30. The van der Waals surface area contributed by atoms with Gasteiger partial charge < -0.3 is 15.0 Å². The lowest BCUT2D eigenvalue weighted by Crippen LogP contribution is -2.28. The highest BCUT2D eigenvalue weighted by atomic mass is 16.5. The second-order valence-corrected chi connectivity index (χ2v) is 3.87. The van der Waals surface area contributed by atoms with Crippen LogP contribution in [0, 0.1) is 0 Å². The van der Waals surface area contributed by atoms with Crippen LogP contribution >= 0.6 is 0 Å². The lowest BCUT2D eigenvalue weighted by molar-refractivity contribution is 0.301. The molecule has 0 bridgehead atoms. The Morgan fingerprint density at radius 1 is 1.56 bits per heavy atom. The Labute approximate surface area is 96.0 Å². The van der Waals surface area contributed by atoms with Crippen LogP contribution in [0.5, 0.6) is 5.75 Å². The monoisotopic (exact) mass is 224 g/mol. The number of nitrogens with zero attached hydrogens (tertiary/aromatic N) is 1. The molecule has 90 valence electrons. The molecule has 0 aliphatic rings. The molecule has 0 aromatic carbocycles. The van der Waals surface area contributed by atoms with E-state index in [1.807, 2.05) is 13.0 Å². The molecule has 0 spiro atoms.